The summed E-state index contributed by atoms with van der Waals surface area (Å²) in [6.45, 7) is 4.83. The summed E-state index contributed by atoms with van der Waals surface area (Å²) >= 11 is 4.14. The first kappa shape index (κ1) is 12.9. The molecule has 0 N–H and O–H groups in total. The second-order valence-corrected chi connectivity index (χ2v) is 4.13. The minimum absolute atomic E-state index is 0.489. The number of hydroxylamine groups is 2. The van der Waals surface area contributed by atoms with Crippen LogP contribution in [-0.2, 0) is 14.3 Å². The van der Waals surface area contributed by atoms with Crippen molar-refractivity contribution in [1.82, 2.24) is 14.5 Å². The first-order valence-corrected chi connectivity index (χ1v) is 6.03. The third-order valence-corrected chi connectivity index (χ3v) is 3.01. The number of morpholine rings is 2. The molecular formula is C9H17N3O4S. The molecule has 0 saturated carbocycles. The summed E-state index contributed by atoms with van der Waals surface area (Å²) in [5.41, 5.74) is 0. The molecule has 1 amide bonds. The lowest BCUT2D eigenvalue weighted by molar-refractivity contribution is -0.160. The van der Waals surface area contributed by atoms with Crippen molar-refractivity contribution in [1.29, 1.82) is 0 Å². The number of hydrogen-bond donors (Lipinski definition) is 1. The van der Waals surface area contributed by atoms with Gasteiger partial charge in [0, 0.05) is 13.1 Å². The first-order chi connectivity index (χ1) is 8.27. The fraction of sp³-hybridized carbons (Fsp3) is 0.889. The predicted molar refractivity (Wildman–Crippen MR) is 62.1 cm³/mol. The Balaban J connectivity index is 1.77. The molecule has 98 valence electrons. The molecule has 0 aromatic heterocycles. The molecule has 0 aliphatic carbocycles. The molecule has 0 unspecified atom stereocenters. The van der Waals surface area contributed by atoms with E-state index < -0.39 is 6.09 Å². The zero-order valence-corrected chi connectivity index (χ0v) is 10.5. The number of hydrazine groups is 1. The number of thiol groups is 1. The second-order valence-electron chi connectivity index (χ2n) is 3.75. The third-order valence-electron chi connectivity index (χ3n) is 2.60. The van der Waals surface area contributed by atoms with Crippen molar-refractivity contribution in [2.24, 2.45) is 0 Å². The molecule has 0 bridgehead atoms. The van der Waals surface area contributed by atoms with Crippen molar-refractivity contribution < 1.29 is 19.1 Å². The van der Waals surface area contributed by atoms with Gasteiger partial charge >= 0.3 is 6.09 Å². The molecule has 2 heterocycles. The molecule has 0 aromatic carbocycles. The van der Waals surface area contributed by atoms with E-state index in [1.54, 1.807) is 10.1 Å². The van der Waals surface area contributed by atoms with E-state index in [9.17, 15) is 4.79 Å². The van der Waals surface area contributed by atoms with E-state index in [0.717, 1.165) is 0 Å². The van der Waals surface area contributed by atoms with E-state index in [4.69, 9.17) is 14.3 Å². The molecule has 2 fully saturated rings. The Morgan fingerprint density at radius 3 is 2.18 bits per heavy atom. The van der Waals surface area contributed by atoms with E-state index in [1.165, 1.54) is 4.41 Å². The zero-order valence-electron chi connectivity index (χ0n) is 9.58. The fourth-order valence-electron chi connectivity index (χ4n) is 1.64. The Bertz CT molecular complexity index is 257. The Morgan fingerprint density at radius 2 is 1.59 bits per heavy atom. The van der Waals surface area contributed by atoms with Crippen molar-refractivity contribution >= 4 is 18.9 Å². The number of carbonyl (C=O) groups excluding carboxylic acids is 1. The maximum absolute atomic E-state index is 11.8. The number of hydrogen-bond acceptors (Lipinski definition) is 7. The number of nitrogens with zero attached hydrogens (tertiary/aromatic N) is 3. The van der Waals surface area contributed by atoms with E-state index >= 15 is 0 Å². The lowest BCUT2D eigenvalue weighted by Gasteiger charge is -2.34. The second kappa shape index (κ2) is 6.41. The van der Waals surface area contributed by atoms with E-state index in [-0.39, 0.29) is 0 Å². The molecule has 0 spiro atoms. The molecule has 2 aliphatic rings. The Hall–Kier alpha value is -0.540. The maximum Gasteiger partial charge on any atom is 0.453 e. The van der Waals surface area contributed by atoms with Crippen LogP contribution in [0.1, 0.15) is 0 Å². The van der Waals surface area contributed by atoms with Crippen LogP contribution in [0.25, 0.3) is 0 Å². The Morgan fingerprint density at radius 1 is 1.06 bits per heavy atom. The summed E-state index contributed by atoms with van der Waals surface area (Å²) in [4.78, 5) is 17.0. The number of carbonyl (C=O) groups is 1. The summed E-state index contributed by atoms with van der Waals surface area (Å²) in [6, 6.07) is 0. The highest BCUT2D eigenvalue weighted by Crippen LogP contribution is 2.09. The normalized spacial score (nSPS) is 23.4. The molecule has 17 heavy (non-hydrogen) atoms. The van der Waals surface area contributed by atoms with Crippen molar-refractivity contribution in [3.05, 3.63) is 0 Å². The van der Waals surface area contributed by atoms with Crippen molar-refractivity contribution in [3.8, 4) is 0 Å². The quantitative estimate of drug-likeness (QED) is 0.694. The monoisotopic (exact) mass is 263 g/mol. The van der Waals surface area contributed by atoms with Gasteiger partial charge in [0.15, 0.2) is 0 Å². The molecule has 2 rings (SSSR count). The van der Waals surface area contributed by atoms with E-state index in [2.05, 4.69) is 12.8 Å². The first-order valence-electron chi connectivity index (χ1n) is 5.63. The zero-order chi connectivity index (χ0) is 12.1. The van der Waals surface area contributed by atoms with Gasteiger partial charge in [-0.25, -0.2) is 9.80 Å². The minimum Gasteiger partial charge on any atom is -0.379 e. The Labute approximate surface area is 106 Å². The van der Waals surface area contributed by atoms with Crippen molar-refractivity contribution in [3.63, 3.8) is 0 Å². The van der Waals surface area contributed by atoms with Crippen LogP contribution in [0.5, 0.6) is 0 Å². The highest BCUT2D eigenvalue weighted by atomic mass is 32.1. The van der Waals surface area contributed by atoms with Crippen LogP contribution in [-0.4, -0.2) is 73.2 Å². The lowest BCUT2D eigenvalue weighted by Crippen LogP contribution is -2.49. The largest absolute Gasteiger partial charge is 0.453 e. The molecule has 8 heteroatoms. The third kappa shape index (κ3) is 3.71. The summed E-state index contributed by atoms with van der Waals surface area (Å²) in [5.74, 6) is 0. The van der Waals surface area contributed by atoms with Crippen LogP contribution < -0.4 is 0 Å². The van der Waals surface area contributed by atoms with Gasteiger partial charge in [-0.15, -0.1) is 5.06 Å². The van der Waals surface area contributed by atoms with Gasteiger partial charge in [0.25, 0.3) is 0 Å². The van der Waals surface area contributed by atoms with Gasteiger partial charge in [-0.1, -0.05) is 0 Å². The van der Waals surface area contributed by atoms with Crippen LogP contribution in [0.15, 0.2) is 0 Å². The molecule has 0 aromatic rings. The van der Waals surface area contributed by atoms with Crippen LogP contribution >= 0.6 is 12.8 Å². The summed E-state index contributed by atoms with van der Waals surface area (Å²) < 4.78 is 11.6. The highest BCUT2D eigenvalue weighted by Gasteiger charge is 2.25. The van der Waals surface area contributed by atoms with E-state index in [1.807, 2.05) is 0 Å². The molecule has 0 atom stereocenters. The number of amides is 1. The van der Waals surface area contributed by atoms with Crippen LogP contribution in [0, 0.1) is 0 Å². The maximum atomic E-state index is 11.8. The lowest BCUT2D eigenvalue weighted by atomic mass is 10.5. The smallest absolute Gasteiger partial charge is 0.379 e. The topological polar surface area (TPSA) is 54.5 Å². The van der Waals surface area contributed by atoms with E-state index in [0.29, 0.717) is 52.6 Å². The Kier molecular flexibility index (Phi) is 4.86. The van der Waals surface area contributed by atoms with Crippen LogP contribution in [0.3, 0.4) is 0 Å². The summed E-state index contributed by atoms with van der Waals surface area (Å²) in [7, 11) is 0. The van der Waals surface area contributed by atoms with Gasteiger partial charge in [0.1, 0.15) is 0 Å². The number of rotatable bonds is 2. The highest BCUT2D eigenvalue weighted by molar-refractivity contribution is 7.78. The molecule has 2 aliphatic heterocycles. The predicted octanol–water partition coefficient (Wildman–Crippen LogP) is -0.236. The van der Waals surface area contributed by atoms with Crippen LogP contribution in [0.4, 0.5) is 4.79 Å². The van der Waals surface area contributed by atoms with Gasteiger partial charge in [-0.3, -0.25) is 0 Å². The van der Waals surface area contributed by atoms with Crippen molar-refractivity contribution in [2.75, 3.05) is 52.6 Å². The van der Waals surface area contributed by atoms with Gasteiger partial charge in [-0.2, -0.15) is 4.41 Å². The standard InChI is InChI=1S/C9H17N3O4S/c13-9(16-11-3-7-15-8-4-11)12(17)10-1-5-14-6-2-10/h17H,1-8H2. The van der Waals surface area contributed by atoms with Gasteiger partial charge in [0.2, 0.25) is 0 Å². The molecule has 2 saturated heterocycles. The van der Waals surface area contributed by atoms with Crippen LogP contribution in [0.2, 0.25) is 0 Å². The molecular weight excluding hydrogens is 246 g/mol. The fourth-order valence-corrected chi connectivity index (χ4v) is 1.86. The molecule has 7 nitrogen and oxygen atoms in total. The average Bonchev–Trinajstić information content (AvgIpc) is 2.40. The van der Waals surface area contributed by atoms with Gasteiger partial charge < -0.3 is 14.3 Å². The molecule has 0 radical (unpaired) electrons. The number of ether oxygens (including phenoxy) is 2. The van der Waals surface area contributed by atoms with Crippen molar-refractivity contribution in [2.45, 2.75) is 0 Å². The van der Waals surface area contributed by atoms with Gasteiger partial charge in [-0.05, 0) is 12.8 Å². The van der Waals surface area contributed by atoms with Gasteiger partial charge in [0.05, 0.1) is 39.5 Å². The summed E-state index contributed by atoms with van der Waals surface area (Å²) in [5, 5.41) is 3.38. The summed E-state index contributed by atoms with van der Waals surface area (Å²) in [6.07, 6.45) is -0.489. The average molecular weight is 263 g/mol. The minimum atomic E-state index is -0.489. The SMILES string of the molecule is O=C(ON1CCOCC1)N(S)N1CCOCC1.